The Kier molecular flexibility index (Phi) is 8.26. The van der Waals surface area contributed by atoms with Crippen molar-refractivity contribution in [3.63, 3.8) is 0 Å². The van der Waals surface area contributed by atoms with Gasteiger partial charge in [-0.1, -0.05) is 26.0 Å². The summed E-state index contributed by atoms with van der Waals surface area (Å²) in [6, 6.07) is 8.52. The fourth-order valence-corrected chi connectivity index (χ4v) is 1.92. The van der Waals surface area contributed by atoms with Crippen molar-refractivity contribution >= 4 is 0 Å². The zero-order valence-corrected chi connectivity index (χ0v) is 12.4. The quantitative estimate of drug-likeness (QED) is 0.656. The lowest BCUT2D eigenvalue weighted by Gasteiger charge is -2.19. The van der Waals surface area contributed by atoms with Crippen LogP contribution in [0.2, 0.25) is 0 Å². The number of hydrogen-bond acceptors (Lipinski definition) is 3. The minimum atomic E-state index is 0.243. The molecule has 1 atom stereocenters. The van der Waals surface area contributed by atoms with Crippen molar-refractivity contribution in [3.05, 3.63) is 29.8 Å². The summed E-state index contributed by atoms with van der Waals surface area (Å²) < 4.78 is 11.3. The summed E-state index contributed by atoms with van der Waals surface area (Å²) >= 11 is 0. The largest absolute Gasteiger partial charge is 0.494 e. The molecule has 0 aliphatic rings. The van der Waals surface area contributed by atoms with Gasteiger partial charge in [-0.05, 0) is 44.0 Å². The molecule has 0 heterocycles. The highest BCUT2D eigenvalue weighted by Crippen LogP contribution is 2.20. The van der Waals surface area contributed by atoms with Crippen LogP contribution >= 0.6 is 0 Å². The molecule has 0 aromatic heterocycles. The van der Waals surface area contributed by atoms with E-state index in [-0.39, 0.29) is 6.04 Å². The summed E-state index contributed by atoms with van der Waals surface area (Å²) in [4.78, 5) is 0. The highest BCUT2D eigenvalue weighted by molar-refractivity contribution is 5.30. The predicted molar refractivity (Wildman–Crippen MR) is 79.8 cm³/mol. The van der Waals surface area contributed by atoms with Crippen LogP contribution in [0.5, 0.6) is 5.75 Å². The van der Waals surface area contributed by atoms with Crippen molar-refractivity contribution < 1.29 is 9.47 Å². The van der Waals surface area contributed by atoms with Crippen LogP contribution in [-0.2, 0) is 4.74 Å². The topological polar surface area (TPSA) is 30.5 Å². The maximum absolute atomic E-state index is 5.69. The van der Waals surface area contributed by atoms with Crippen LogP contribution in [0.4, 0.5) is 0 Å². The second-order valence-electron chi connectivity index (χ2n) is 4.59. The molecular formula is C16H27NO2. The van der Waals surface area contributed by atoms with Gasteiger partial charge in [-0.3, -0.25) is 0 Å². The van der Waals surface area contributed by atoms with E-state index < -0.39 is 0 Å². The molecule has 1 aromatic rings. The molecule has 0 saturated heterocycles. The first-order valence-corrected chi connectivity index (χ1v) is 7.35. The van der Waals surface area contributed by atoms with E-state index in [2.05, 4.69) is 31.3 Å². The maximum Gasteiger partial charge on any atom is 0.119 e. The summed E-state index contributed by atoms with van der Waals surface area (Å²) in [5, 5.41) is 3.53. The Labute approximate surface area is 117 Å². The Morgan fingerprint density at radius 2 is 2.00 bits per heavy atom. The molecule has 0 aliphatic heterocycles. The molecule has 1 rings (SSSR count). The van der Waals surface area contributed by atoms with Crippen LogP contribution in [0.1, 0.15) is 45.2 Å². The lowest BCUT2D eigenvalue weighted by atomic mass is 10.1. The summed E-state index contributed by atoms with van der Waals surface area (Å²) in [7, 11) is 0. The Bertz CT molecular complexity index is 341. The van der Waals surface area contributed by atoms with E-state index in [0.29, 0.717) is 13.2 Å². The van der Waals surface area contributed by atoms with E-state index in [1.165, 1.54) is 5.56 Å². The highest BCUT2D eigenvalue weighted by Gasteiger charge is 2.11. The minimum Gasteiger partial charge on any atom is -0.494 e. The first-order chi connectivity index (χ1) is 9.31. The second-order valence-corrected chi connectivity index (χ2v) is 4.59. The molecule has 0 amide bonds. The minimum absolute atomic E-state index is 0.243. The Morgan fingerprint density at radius 1 is 1.16 bits per heavy atom. The van der Waals surface area contributed by atoms with Crippen LogP contribution < -0.4 is 10.1 Å². The fourth-order valence-electron chi connectivity index (χ4n) is 1.92. The van der Waals surface area contributed by atoms with Crippen molar-refractivity contribution in [2.24, 2.45) is 0 Å². The molecule has 3 nitrogen and oxygen atoms in total. The van der Waals surface area contributed by atoms with E-state index in [9.17, 15) is 0 Å². The van der Waals surface area contributed by atoms with E-state index in [1.807, 2.05) is 19.1 Å². The van der Waals surface area contributed by atoms with Gasteiger partial charge < -0.3 is 14.8 Å². The van der Waals surface area contributed by atoms with Crippen molar-refractivity contribution in [2.75, 3.05) is 26.4 Å². The maximum atomic E-state index is 5.69. The SMILES string of the molecule is CCCNC(COCCC)c1cccc(OCC)c1. The third-order valence-electron chi connectivity index (χ3n) is 2.85. The van der Waals surface area contributed by atoms with Gasteiger partial charge in [-0.2, -0.15) is 0 Å². The van der Waals surface area contributed by atoms with Gasteiger partial charge in [0, 0.05) is 6.61 Å². The second kappa shape index (κ2) is 9.82. The van der Waals surface area contributed by atoms with Crippen LogP contribution in [0.3, 0.4) is 0 Å². The smallest absolute Gasteiger partial charge is 0.119 e. The third-order valence-corrected chi connectivity index (χ3v) is 2.85. The molecule has 1 aromatic carbocycles. The summed E-state index contributed by atoms with van der Waals surface area (Å²) in [5.74, 6) is 0.929. The van der Waals surface area contributed by atoms with Crippen LogP contribution in [0.25, 0.3) is 0 Å². The molecule has 0 saturated carbocycles. The van der Waals surface area contributed by atoms with Gasteiger partial charge in [0.2, 0.25) is 0 Å². The zero-order valence-electron chi connectivity index (χ0n) is 12.4. The Hall–Kier alpha value is -1.06. The summed E-state index contributed by atoms with van der Waals surface area (Å²) in [6.45, 7) is 9.53. The van der Waals surface area contributed by atoms with Crippen molar-refractivity contribution in [1.29, 1.82) is 0 Å². The van der Waals surface area contributed by atoms with Crippen molar-refractivity contribution in [3.8, 4) is 5.75 Å². The number of ether oxygens (including phenoxy) is 2. The molecule has 1 unspecified atom stereocenters. The highest BCUT2D eigenvalue weighted by atomic mass is 16.5. The lowest BCUT2D eigenvalue weighted by Crippen LogP contribution is -2.26. The molecule has 0 bridgehead atoms. The number of rotatable bonds is 10. The molecule has 0 radical (unpaired) electrons. The molecule has 3 heteroatoms. The van der Waals surface area contributed by atoms with Gasteiger partial charge in [0.15, 0.2) is 0 Å². The molecule has 19 heavy (non-hydrogen) atoms. The van der Waals surface area contributed by atoms with Crippen molar-refractivity contribution in [2.45, 2.75) is 39.7 Å². The molecule has 1 N–H and O–H groups in total. The lowest BCUT2D eigenvalue weighted by molar-refractivity contribution is 0.112. The van der Waals surface area contributed by atoms with E-state index in [1.54, 1.807) is 0 Å². The monoisotopic (exact) mass is 265 g/mol. The molecule has 0 aliphatic carbocycles. The van der Waals surface area contributed by atoms with E-state index in [4.69, 9.17) is 9.47 Å². The zero-order chi connectivity index (χ0) is 13.9. The Morgan fingerprint density at radius 3 is 2.68 bits per heavy atom. The van der Waals surface area contributed by atoms with Crippen molar-refractivity contribution in [1.82, 2.24) is 5.32 Å². The number of nitrogens with one attached hydrogen (secondary N) is 1. The molecular weight excluding hydrogens is 238 g/mol. The van der Waals surface area contributed by atoms with Gasteiger partial charge in [0.05, 0.1) is 19.3 Å². The van der Waals surface area contributed by atoms with Gasteiger partial charge in [0.1, 0.15) is 5.75 Å². The molecule has 0 spiro atoms. The summed E-state index contributed by atoms with van der Waals surface area (Å²) in [6.07, 6.45) is 2.18. The first kappa shape index (κ1) is 16.0. The van der Waals surface area contributed by atoms with Gasteiger partial charge in [-0.25, -0.2) is 0 Å². The fraction of sp³-hybridized carbons (Fsp3) is 0.625. The van der Waals surface area contributed by atoms with E-state index >= 15 is 0 Å². The first-order valence-electron chi connectivity index (χ1n) is 7.35. The normalized spacial score (nSPS) is 12.4. The predicted octanol–water partition coefficient (Wildman–Crippen LogP) is 3.55. The summed E-state index contributed by atoms with van der Waals surface area (Å²) in [5.41, 5.74) is 1.23. The number of hydrogen-bond donors (Lipinski definition) is 1. The van der Waals surface area contributed by atoms with Crippen LogP contribution in [0, 0.1) is 0 Å². The molecule has 108 valence electrons. The van der Waals surface area contributed by atoms with Crippen LogP contribution in [-0.4, -0.2) is 26.4 Å². The van der Waals surface area contributed by atoms with Crippen LogP contribution in [0.15, 0.2) is 24.3 Å². The van der Waals surface area contributed by atoms with Gasteiger partial charge >= 0.3 is 0 Å². The third kappa shape index (κ3) is 6.08. The average Bonchev–Trinajstić information content (AvgIpc) is 2.43. The Balaban J connectivity index is 2.68. The number of benzene rings is 1. The standard InChI is InChI=1S/C16H27NO2/c1-4-10-17-16(13-18-11-5-2)14-8-7-9-15(12-14)19-6-3/h7-9,12,16-17H,4-6,10-11,13H2,1-3H3. The van der Waals surface area contributed by atoms with E-state index in [0.717, 1.165) is 31.7 Å². The van der Waals surface area contributed by atoms with Gasteiger partial charge in [-0.15, -0.1) is 0 Å². The van der Waals surface area contributed by atoms with Gasteiger partial charge in [0.25, 0.3) is 0 Å². The average molecular weight is 265 g/mol. The molecule has 0 fully saturated rings.